The molecule has 0 radical (unpaired) electrons. The zero-order valence-electron chi connectivity index (χ0n) is 11.2. The van der Waals surface area contributed by atoms with E-state index in [0.29, 0.717) is 13.0 Å². The Balaban J connectivity index is 2.26. The first-order chi connectivity index (χ1) is 9.41. The highest BCUT2D eigenvalue weighted by Crippen LogP contribution is 2.24. The first-order valence-corrected chi connectivity index (χ1v) is 6.84. The van der Waals surface area contributed by atoms with Gasteiger partial charge in [-0.2, -0.15) is 0 Å². The summed E-state index contributed by atoms with van der Waals surface area (Å²) >= 11 is 3.47. The lowest BCUT2D eigenvalue weighted by Crippen LogP contribution is -2.19. The highest BCUT2D eigenvalue weighted by atomic mass is 79.9. The summed E-state index contributed by atoms with van der Waals surface area (Å²) in [6.45, 7) is 0.0148. The Bertz CT molecular complexity index is 717. The van der Waals surface area contributed by atoms with Crippen molar-refractivity contribution >= 4 is 32.9 Å². The van der Waals surface area contributed by atoms with Crippen LogP contribution in [-0.2, 0) is 30.0 Å². The maximum absolute atomic E-state index is 11.9. The third-order valence-electron chi connectivity index (χ3n) is 3.18. The van der Waals surface area contributed by atoms with Crippen LogP contribution >= 0.6 is 15.9 Å². The van der Waals surface area contributed by atoms with Gasteiger partial charge in [0.2, 0.25) is 0 Å². The lowest BCUT2D eigenvalue weighted by Gasteiger charge is -2.06. The smallest absolute Gasteiger partial charge is 0.329 e. The fraction of sp³-hybridized carbons (Fsp3) is 0.385. The number of aliphatic carboxylic acids is 1. The summed E-state index contributed by atoms with van der Waals surface area (Å²) in [4.78, 5) is 22.2. The second kappa shape index (κ2) is 5.80. The van der Waals surface area contributed by atoms with Gasteiger partial charge >= 0.3 is 11.7 Å². The van der Waals surface area contributed by atoms with E-state index in [2.05, 4.69) is 15.9 Å². The summed E-state index contributed by atoms with van der Waals surface area (Å²) in [6, 6.07) is 3.81. The first kappa shape index (κ1) is 14.8. The predicted octanol–water partition coefficient (Wildman–Crippen LogP) is 1.28. The fourth-order valence-corrected chi connectivity index (χ4v) is 2.63. The Kier molecular flexibility index (Phi) is 4.29. The maximum atomic E-state index is 11.9. The summed E-state index contributed by atoms with van der Waals surface area (Å²) < 4.78 is 9.09. The Morgan fingerprint density at radius 2 is 1.90 bits per heavy atom. The number of benzene rings is 1. The number of carboxylic acids is 1. The normalized spacial score (nSPS) is 11.2. The van der Waals surface area contributed by atoms with Crippen molar-refractivity contribution < 1.29 is 14.6 Å². The minimum atomic E-state index is -0.982. The molecule has 0 bridgehead atoms. The molecule has 0 spiro atoms. The van der Waals surface area contributed by atoms with E-state index in [1.165, 1.54) is 0 Å². The quantitative estimate of drug-likeness (QED) is 0.831. The van der Waals surface area contributed by atoms with Crippen LogP contribution in [0.3, 0.4) is 0 Å². The molecule has 2 rings (SSSR count). The molecule has 0 saturated heterocycles. The molecule has 1 aromatic heterocycles. The Morgan fingerprint density at radius 3 is 2.50 bits per heavy atom. The van der Waals surface area contributed by atoms with E-state index in [0.717, 1.165) is 21.1 Å². The van der Waals surface area contributed by atoms with Gasteiger partial charge in [-0.15, -0.1) is 0 Å². The van der Waals surface area contributed by atoms with E-state index >= 15 is 0 Å². The highest BCUT2D eigenvalue weighted by molar-refractivity contribution is 9.10. The molecule has 0 aliphatic rings. The molecule has 0 unspecified atom stereocenters. The van der Waals surface area contributed by atoms with Crippen molar-refractivity contribution in [1.82, 2.24) is 9.13 Å². The Morgan fingerprint density at radius 1 is 1.30 bits per heavy atom. The topological polar surface area (TPSA) is 73.5 Å². The van der Waals surface area contributed by atoms with Crippen LogP contribution in [0.1, 0.15) is 5.56 Å². The van der Waals surface area contributed by atoms with Crippen LogP contribution in [0.15, 0.2) is 21.4 Å². The van der Waals surface area contributed by atoms with E-state index < -0.39 is 5.97 Å². The van der Waals surface area contributed by atoms with Gasteiger partial charge in [0.25, 0.3) is 0 Å². The number of carboxylic acid groups (broad SMARTS) is 1. The zero-order valence-corrected chi connectivity index (χ0v) is 12.8. The van der Waals surface area contributed by atoms with Gasteiger partial charge in [-0.25, -0.2) is 9.59 Å². The van der Waals surface area contributed by atoms with Crippen LogP contribution in [0.5, 0.6) is 0 Å². The molecule has 0 fully saturated rings. The van der Waals surface area contributed by atoms with Crippen molar-refractivity contribution in [2.75, 3.05) is 13.2 Å². The molecular weight excluding hydrogens is 328 g/mol. The summed E-state index contributed by atoms with van der Waals surface area (Å²) in [7, 11) is 3.45. The molecule has 0 saturated carbocycles. The summed E-state index contributed by atoms with van der Waals surface area (Å²) in [5, 5.41) is 8.50. The lowest BCUT2D eigenvalue weighted by molar-refractivity contribution is -0.142. The number of hydrogen-bond acceptors (Lipinski definition) is 3. The van der Waals surface area contributed by atoms with Crippen LogP contribution < -0.4 is 5.69 Å². The third kappa shape index (κ3) is 2.78. The van der Waals surface area contributed by atoms with Crippen molar-refractivity contribution in [2.24, 2.45) is 14.1 Å². The minimum Gasteiger partial charge on any atom is -0.480 e. The Labute approximate surface area is 123 Å². The van der Waals surface area contributed by atoms with Gasteiger partial charge in [-0.1, -0.05) is 15.9 Å². The number of rotatable bonds is 5. The number of fused-ring (bicyclic) bond motifs is 1. The van der Waals surface area contributed by atoms with Gasteiger partial charge < -0.3 is 9.84 Å². The molecule has 7 heteroatoms. The molecule has 1 heterocycles. The molecule has 1 N–H and O–H groups in total. The van der Waals surface area contributed by atoms with Gasteiger partial charge in [0.15, 0.2) is 0 Å². The highest BCUT2D eigenvalue weighted by Gasteiger charge is 2.11. The van der Waals surface area contributed by atoms with Crippen LogP contribution in [0.25, 0.3) is 11.0 Å². The van der Waals surface area contributed by atoms with Gasteiger partial charge in [0.05, 0.1) is 17.6 Å². The molecule has 20 heavy (non-hydrogen) atoms. The third-order valence-corrected chi connectivity index (χ3v) is 3.92. The second-order valence-electron chi connectivity index (χ2n) is 4.53. The van der Waals surface area contributed by atoms with E-state index in [-0.39, 0.29) is 12.3 Å². The monoisotopic (exact) mass is 342 g/mol. The zero-order chi connectivity index (χ0) is 14.9. The number of nitrogens with zero attached hydrogens (tertiary/aromatic N) is 2. The lowest BCUT2D eigenvalue weighted by atomic mass is 10.1. The number of ether oxygens (including phenoxy) is 1. The minimum absolute atomic E-state index is 0.0776. The van der Waals surface area contributed by atoms with Gasteiger partial charge in [-0.05, 0) is 24.1 Å². The van der Waals surface area contributed by atoms with Crippen LogP contribution in [0, 0.1) is 0 Å². The average Bonchev–Trinajstić information content (AvgIpc) is 2.60. The van der Waals surface area contributed by atoms with Crippen LogP contribution in [0.2, 0.25) is 0 Å². The summed E-state index contributed by atoms with van der Waals surface area (Å²) in [5.41, 5.74) is 2.59. The molecule has 2 aromatic rings. The van der Waals surface area contributed by atoms with Crippen molar-refractivity contribution in [1.29, 1.82) is 0 Å². The Hall–Kier alpha value is -1.60. The largest absolute Gasteiger partial charge is 0.480 e. The van der Waals surface area contributed by atoms with Gasteiger partial charge in [-0.3, -0.25) is 9.13 Å². The standard InChI is InChI=1S/C13H15BrN2O4/c1-15-10-5-8(3-4-20-7-12(17)18)9(14)6-11(10)16(2)13(15)19/h5-6H,3-4,7H2,1-2H3,(H,17,18). The number of halogens is 1. The number of hydrogen-bond donors (Lipinski definition) is 1. The molecule has 0 atom stereocenters. The molecule has 0 amide bonds. The first-order valence-electron chi connectivity index (χ1n) is 6.05. The molecule has 108 valence electrons. The number of aryl methyl sites for hydroxylation is 2. The van der Waals surface area contributed by atoms with Gasteiger partial charge in [0, 0.05) is 18.6 Å². The molecule has 6 nitrogen and oxygen atoms in total. The van der Waals surface area contributed by atoms with Crippen LogP contribution in [-0.4, -0.2) is 33.4 Å². The number of aromatic nitrogens is 2. The maximum Gasteiger partial charge on any atom is 0.329 e. The van der Waals surface area contributed by atoms with Crippen molar-refractivity contribution in [3.8, 4) is 0 Å². The average molecular weight is 343 g/mol. The van der Waals surface area contributed by atoms with E-state index in [9.17, 15) is 9.59 Å². The van der Waals surface area contributed by atoms with Crippen molar-refractivity contribution in [3.63, 3.8) is 0 Å². The molecular formula is C13H15BrN2O4. The predicted molar refractivity (Wildman–Crippen MR) is 78.0 cm³/mol. The second-order valence-corrected chi connectivity index (χ2v) is 5.38. The van der Waals surface area contributed by atoms with E-state index in [1.54, 1.807) is 23.2 Å². The number of imidazole rings is 1. The van der Waals surface area contributed by atoms with E-state index in [4.69, 9.17) is 9.84 Å². The number of carbonyl (C=O) groups is 1. The van der Waals surface area contributed by atoms with E-state index in [1.807, 2.05) is 12.1 Å². The SMILES string of the molecule is Cn1c(=O)n(C)c2cc(CCOCC(=O)O)c(Br)cc21. The molecule has 1 aromatic carbocycles. The van der Waals surface area contributed by atoms with Crippen molar-refractivity contribution in [3.05, 3.63) is 32.7 Å². The van der Waals surface area contributed by atoms with Crippen molar-refractivity contribution in [2.45, 2.75) is 6.42 Å². The van der Waals surface area contributed by atoms with Gasteiger partial charge in [0.1, 0.15) is 6.61 Å². The summed E-state index contributed by atoms with van der Waals surface area (Å²) in [6.07, 6.45) is 0.576. The molecule has 0 aliphatic carbocycles. The molecule has 0 aliphatic heterocycles. The fourth-order valence-electron chi connectivity index (χ4n) is 2.10. The van der Waals surface area contributed by atoms with Crippen LogP contribution in [0.4, 0.5) is 0 Å². The summed E-state index contributed by atoms with van der Waals surface area (Å²) in [5.74, 6) is -0.982.